The third kappa shape index (κ3) is 2.47. The zero-order valence-electron chi connectivity index (χ0n) is 11.6. The first-order valence-electron chi connectivity index (χ1n) is 6.57. The summed E-state index contributed by atoms with van der Waals surface area (Å²) >= 11 is 0. The fraction of sp³-hybridized carbons (Fsp3) is 0.615. The van der Waals surface area contributed by atoms with Gasteiger partial charge in [-0.15, -0.1) is 0 Å². The fourth-order valence-corrected chi connectivity index (χ4v) is 2.48. The minimum atomic E-state index is 0.0149. The van der Waals surface area contributed by atoms with E-state index < -0.39 is 0 Å². The second kappa shape index (κ2) is 5.42. The van der Waals surface area contributed by atoms with Crippen molar-refractivity contribution in [1.29, 1.82) is 0 Å². The van der Waals surface area contributed by atoms with Crippen LogP contribution in [0.15, 0.2) is 11.4 Å². The third-order valence-corrected chi connectivity index (χ3v) is 3.92. The van der Waals surface area contributed by atoms with Crippen molar-refractivity contribution in [3.8, 4) is 0 Å². The maximum absolute atomic E-state index is 12.5. The lowest BCUT2D eigenvalue weighted by molar-refractivity contribution is 0.0728. The molecular formula is C13H20N4O2. The van der Waals surface area contributed by atoms with Crippen molar-refractivity contribution >= 4 is 11.6 Å². The topological polar surface area (TPSA) is 70.7 Å². The number of oxime groups is 1. The van der Waals surface area contributed by atoms with Gasteiger partial charge in [0.05, 0.1) is 17.5 Å². The van der Waals surface area contributed by atoms with E-state index in [-0.39, 0.29) is 11.8 Å². The van der Waals surface area contributed by atoms with Crippen LogP contribution >= 0.6 is 0 Å². The van der Waals surface area contributed by atoms with Crippen molar-refractivity contribution in [2.24, 2.45) is 18.1 Å². The summed E-state index contributed by atoms with van der Waals surface area (Å²) < 4.78 is 1.70. The van der Waals surface area contributed by atoms with Gasteiger partial charge in [0.2, 0.25) is 0 Å². The molecule has 0 spiro atoms. The number of piperidine rings is 1. The van der Waals surface area contributed by atoms with Gasteiger partial charge in [-0.1, -0.05) is 12.1 Å². The first-order valence-corrected chi connectivity index (χ1v) is 6.57. The van der Waals surface area contributed by atoms with E-state index >= 15 is 0 Å². The van der Waals surface area contributed by atoms with E-state index in [1.165, 1.54) is 0 Å². The minimum Gasteiger partial charge on any atom is -0.411 e. The van der Waals surface area contributed by atoms with Crippen molar-refractivity contribution in [2.45, 2.75) is 26.7 Å². The number of aromatic nitrogens is 2. The highest BCUT2D eigenvalue weighted by molar-refractivity contribution is 5.97. The van der Waals surface area contributed by atoms with Crippen molar-refractivity contribution in [3.05, 3.63) is 17.5 Å². The van der Waals surface area contributed by atoms with Crippen molar-refractivity contribution in [2.75, 3.05) is 13.1 Å². The van der Waals surface area contributed by atoms with Crippen LogP contribution in [0.1, 0.15) is 35.8 Å². The molecule has 1 saturated heterocycles. The number of carbonyl (C=O) groups is 1. The predicted octanol–water partition coefficient (Wildman–Crippen LogP) is 1.43. The summed E-state index contributed by atoms with van der Waals surface area (Å²) in [6.07, 6.45) is 3.13. The van der Waals surface area contributed by atoms with Crippen molar-refractivity contribution in [1.82, 2.24) is 14.7 Å². The van der Waals surface area contributed by atoms with E-state index in [2.05, 4.69) is 10.3 Å². The van der Waals surface area contributed by atoms with Crippen LogP contribution in [0.2, 0.25) is 0 Å². The molecule has 19 heavy (non-hydrogen) atoms. The van der Waals surface area contributed by atoms with Crippen LogP contribution < -0.4 is 0 Å². The number of aryl methyl sites for hydroxylation is 1. The molecule has 6 nitrogen and oxygen atoms in total. The molecular weight excluding hydrogens is 244 g/mol. The molecule has 1 N–H and O–H groups in total. The highest BCUT2D eigenvalue weighted by Crippen LogP contribution is 2.20. The second-order valence-corrected chi connectivity index (χ2v) is 4.96. The summed E-state index contributed by atoms with van der Waals surface area (Å²) in [6, 6.07) is 0. The van der Waals surface area contributed by atoms with Gasteiger partial charge >= 0.3 is 0 Å². The van der Waals surface area contributed by atoms with Gasteiger partial charge in [0.15, 0.2) is 0 Å². The minimum absolute atomic E-state index is 0.0149. The average Bonchev–Trinajstić information content (AvgIpc) is 2.77. The zero-order chi connectivity index (χ0) is 14.0. The van der Waals surface area contributed by atoms with Crippen molar-refractivity contribution < 1.29 is 10.0 Å². The number of hydrogen-bond acceptors (Lipinski definition) is 4. The second-order valence-electron chi connectivity index (χ2n) is 4.96. The normalized spacial score (nSPS) is 21.9. The first-order chi connectivity index (χ1) is 9.08. The fourth-order valence-electron chi connectivity index (χ4n) is 2.48. The lowest BCUT2D eigenvalue weighted by atomic mass is 9.93. The van der Waals surface area contributed by atoms with Gasteiger partial charge in [0, 0.05) is 38.2 Å². The third-order valence-electron chi connectivity index (χ3n) is 3.92. The Morgan fingerprint density at radius 3 is 2.89 bits per heavy atom. The quantitative estimate of drug-likeness (QED) is 0.649. The number of rotatable bonds is 2. The Hall–Kier alpha value is -1.85. The Balaban J connectivity index is 2.15. The van der Waals surface area contributed by atoms with Gasteiger partial charge in [0.1, 0.15) is 0 Å². The SMILES string of the molecule is CCC1CN(C(=O)c2cnn(C)c2C)CCC1=NO. The van der Waals surface area contributed by atoms with Crippen LogP contribution in [0.5, 0.6) is 0 Å². The maximum Gasteiger partial charge on any atom is 0.257 e. The van der Waals surface area contributed by atoms with E-state index in [4.69, 9.17) is 5.21 Å². The van der Waals surface area contributed by atoms with Crippen LogP contribution in [-0.4, -0.2) is 44.6 Å². The van der Waals surface area contributed by atoms with E-state index in [0.29, 0.717) is 25.1 Å². The zero-order valence-corrected chi connectivity index (χ0v) is 11.6. The molecule has 1 aliphatic heterocycles. The molecule has 0 aliphatic carbocycles. The lowest BCUT2D eigenvalue weighted by Gasteiger charge is -2.32. The van der Waals surface area contributed by atoms with Crippen molar-refractivity contribution in [3.63, 3.8) is 0 Å². The molecule has 1 aliphatic rings. The van der Waals surface area contributed by atoms with Gasteiger partial charge < -0.3 is 10.1 Å². The highest BCUT2D eigenvalue weighted by atomic mass is 16.4. The molecule has 1 amide bonds. The molecule has 1 atom stereocenters. The number of carbonyl (C=O) groups excluding carboxylic acids is 1. The summed E-state index contributed by atoms with van der Waals surface area (Å²) in [5.74, 6) is 0.167. The molecule has 0 aromatic carbocycles. The molecule has 2 heterocycles. The van der Waals surface area contributed by atoms with Gasteiger partial charge in [-0.3, -0.25) is 9.48 Å². The monoisotopic (exact) mass is 264 g/mol. The standard InChI is InChI=1S/C13H20N4O2/c1-4-10-8-17(6-5-12(10)15-19)13(18)11-7-14-16(3)9(11)2/h7,10,19H,4-6,8H2,1-3H3. The van der Waals surface area contributed by atoms with Gasteiger partial charge in [0.25, 0.3) is 5.91 Å². The molecule has 1 aromatic heterocycles. The molecule has 104 valence electrons. The summed E-state index contributed by atoms with van der Waals surface area (Å²) in [6.45, 7) is 5.15. The molecule has 2 rings (SSSR count). The van der Waals surface area contributed by atoms with Crippen LogP contribution in [0.4, 0.5) is 0 Å². The van der Waals surface area contributed by atoms with Gasteiger partial charge in [-0.05, 0) is 13.3 Å². The van der Waals surface area contributed by atoms with Gasteiger partial charge in [-0.25, -0.2) is 0 Å². The predicted molar refractivity (Wildman–Crippen MR) is 71.5 cm³/mol. The molecule has 1 unspecified atom stereocenters. The van der Waals surface area contributed by atoms with Crippen LogP contribution in [-0.2, 0) is 7.05 Å². The Bertz CT molecular complexity index is 507. The molecule has 0 bridgehead atoms. The Morgan fingerprint density at radius 2 is 2.37 bits per heavy atom. The van der Waals surface area contributed by atoms with E-state index in [9.17, 15) is 4.79 Å². The summed E-state index contributed by atoms with van der Waals surface area (Å²) in [7, 11) is 1.83. The molecule has 0 saturated carbocycles. The number of amides is 1. The average molecular weight is 264 g/mol. The molecule has 0 radical (unpaired) electrons. The molecule has 1 aromatic rings. The number of likely N-dealkylation sites (tertiary alicyclic amines) is 1. The molecule has 6 heteroatoms. The first kappa shape index (κ1) is 13.6. The van der Waals surface area contributed by atoms with E-state index in [1.807, 2.05) is 25.8 Å². The summed E-state index contributed by atoms with van der Waals surface area (Å²) in [5.41, 5.74) is 2.33. The van der Waals surface area contributed by atoms with Gasteiger partial charge in [-0.2, -0.15) is 5.10 Å². The lowest BCUT2D eigenvalue weighted by Crippen LogP contribution is -2.44. The Kier molecular flexibility index (Phi) is 3.87. The number of nitrogens with zero attached hydrogens (tertiary/aromatic N) is 4. The smallest absolute Gasteiger partial charge is 0.257 e. The van der Waals surface area contributed by atoms with Crippen LogP contribution in [0.3, 0.4) is 0 Å². The summed E-state index contributed by atoms with van der Waals surface area (Å²) in [4.78, 5) is 14.3. The maximum atomic E-state index is 12.5. The number of hydrogen-bond donors (Lipinski definition) is 1. The molecule has 1 fully saturated rings. The largest absolute Gasteiger partial charge is 0.411 e. The Morgan fingerprint density at radius 1 is 1.63 bits per heavy atom. The van der Waals surface area contributed by atoms with E-state index in [1.54, 1.807) is 10.9 Å². The van der Waals surface area contributed by atoms with Crippen LogP contribution in [0, 0.1) is 12.8 Å². The highest BCUT2D eigenvalue weighted by Gasteiger charge is 2.29. The Labute approximate surface area is 112 Å². The van der Waals surface area contributed by atoms with E-state index in [0.717, 1.165) is 17.8 Å². The summed E-state index contributed by atoms with van der Waals surface area (Å²) in [5, 5.41) is 16.4. The van der Waals surface area contributed by atoms with Crippen LogP contribution in [0.25, 0.3) is 0 Å².